The van der Waals surface area contributed by atoms with E-state index in [0.717, 1.165) is 11.6 Å². The number of ether oxygens (including phenoxy) is 1. The number of nitrogens with zero attached hydrogens (tertiary/aromatic N) is 4. The summed E-state index contributed by atoms with van der Waals surface area (Å²) in [5.41, 5.74) is 0.985. The summed E-state index contributed by atoms with van der Waals surface area (Å²) in [5, 5.41) is 21.9. The summed E-state index contributed by atoms with van der Waals surface area (Å²) < 4.78 is 32.3. The number of phenolic OH excluding ortho intramolecular Hbond substituents is 1. The van der Waals surface area contributed by atoms with Gasteiger partial charge in [-0.1, -0.05) is 23.7 Å². The van der Waals surface area contributed by atoms with Crippen molar-refractivity contribution in [3.8, 4) is 5.75 Å². The number of sulfonamides is 1. The molecule has 2 fully saturated rings. The van der Waals surface area contributed by atoms with Gasteiger partial charge in [-0.2, -0.15) is 4.31 Å². The second-order valence-corrected chi connectivity index (χ2v) is 10.3. The summed E-state index contributed by atoms with van der Waals surface area (Å²) in [7, 11) is -3.83. The summed E-state index contributed by atoms with van der Waals surface area (Å²) in [5.74, 6) is 0.0375. The lowest BCUT2D eigenvalue weighted by Crippen LogP contribution is -2.46. The zero-order valence-electron chi connectivity index (χ0n) is 17.9. The quantitative estimate of drug-likeness (QED) is 0.478. The van der Waals surface area contributed by atoms with Crippen molar-refractivity contribution >= 4 is 33.0 Å². The largest absolute Gasteiger partial charge is 0.506 e. The van der Waals surface area contributed by atoms with E-state index < -0.39 is 14.9 Å². The monoisotopic (exact) mass is 496 g/mol. The summed E-state index contributed by atoms with van der Waals surface area (Å²) >= 11 is 6.18. The third-order valence-electron chi connectivity index (χ3n) is 5.92. The van der Waals surface area contributed by atoms with Gasteiger partial charge in [0.2, 0.25) is 10.0 Å². The molecule has 4 rings (SSSR count). The molecule has 0 atom stereocenters. The topological polar surface area (TPSA) is 116 Å². The van der Waals surface area contributed by atoms with E-state index in [-0.39, 0.29) is 29.4 Å². The minimum Gasteiger partial charge on any atom is -0.506 e. The van der Waals surface area contributed by atoms with Crippen molar-refractivity contribution in [1.29, 1.82) is 0 Å². The first-order valence-electron chi connectivity index (χ1n) is 10.6. The van der Waals surface area contributed by atoms with Gasteiger partial charge in [0.25, 0.3) is 5.69 Å². The Morgan fingerprint density at radius 3 is 2.42 bits per heavy atom. The maximum Gasteiger partial charge on any atom is 0.293 e. The highest BCUT2D eigenvalue weighted by molar-refractivity contribution is 7.89. The molecular weight excluding hydrogens is 472 g/mol. The van der Waals surface area contributed by atoms with Crippen LogP contribution in [0, 0.1) is 10.1 Å². The number of nitro benzene ring substituents is 1. The molecule has 2 aliphatic heterocycles. The lowest BCUT2D eigenvalue weighted by atomic mass is 10.1. The molecule has 12 heteroatoms. The van der Waals surface area contributed by atoms with Crippen molar-refractivity contribution in [3.63, 3.8) is 0 Å². The van der Waals surface area contributed by atoms with Crippen LogP contribution in [0.25, 0.3) is 0 Å². The third kappa shape index (κ3) is 5.07. The van der Waals surface area contributed by atoms with Gasteiger partial charge in [0, 0.05) is 51.9 Å². The van der Waals surface area contributed by atoms with Crippen molar-refractivity contribution in [2.24, 2.45) is 0 Å². The average molecular weight is 497 g/mol. The van der Waals surface area contributed by atoms with E-state index in [0.29, 0.717) is 56.6 Å². The van der Waals surface area contributed by atoms with E-state index in [4.69, 9.17) is 16.3 Å². The molecule has 0 saturated carbocycles. The Labute approximate surface area is 197 Å². The highest BCUT2D eigenvalue weighted by Crippen LogP contribution is 2.33. The van der Waals surface area contributed by atoms with Crippen LogP contribution < -0.4 is 4.90 Å². The fraction of sp³-hybridized carbons (Fsp3) is 0.429. The number of hydrogen-bond acceptors (Lipinski definition) is 8. The summed E-state index contributed by atoms with van der Waals surface area (Å²) in [4.78, 5) is 15.2. The molecule has 2 heterocycles. The molecule has 0 aromatic heterocycles. The number of rotatable bonds is 6. The number of anilines is 1. The zero-order valence-corrected chi connectivity index (χ0v) is 19.5. The van der Waals surface area contributed by atoms with Gasteiger partial charge >= 0.3 is 0 Å². The van der Waals surface area contributed by atoms with Crippen LogP contribution >= 0.6 is 11.6 Å². The van der Waals surface area contributed by atoms with E-state index in [1.807, 2.05) is 11.0 Å². The fourth-order valence-corrected chi connectivity index (χ4v) is 5.70. The average Bonchev–Trinajstić information content (AvgIpc) is 2.82. The van der Waals surface area contributed by atoms with Crippen molar-refractivity contribution < 1.29 is 23.2 Å². The van der Waals surface area contributed by atoms with E-state index in [9.17, 15) is 23.6 Å². The minimum absolute atomic E-state index is 0.0375. The number of phenols is 1. The SMILES string of the molecule is O=[N+]([O-])c1cc(S(=O)(=O)N2CCOCC2)ccc1N1CCN(Cc2cccc(O)c2Cl)CC1. The third-order valence-corrected chi connectivity index (χ3v) is 8.25. The van der Waals surface area contributed by atoms with E-state index in [2.05, 4.69) is 4.90 Å². The van der Waals surface area contributed by atoms with E-state index >= 15 is 0 Å². The maximum atomic E-state index is 12.9. The Hall–Kier alpha value is -2.44. The highest BCUT2D eigenvalue weighted by atomic mass is 35.5. The number of halogens is 1. The molecular formula is C21H25ClN4O6S. The summed E-state index contributed by atoms with van der Waals surface area (Å²) in [6.07, 6.45) is 0. The first-order valence-corrected chi connectivity index (χ1v) is 12.4. The smallest absolute Gasteiger partial charge is 0.293 e. The number of aromatic hydroxyl groups is 1. The Balaban J connectivity index is 1.49. The normalized spacial score (nSPS) is 18.4. The summed E-state index contributed by atoms with van der Waals surface area (Å²) in [6.45, 7) is 3.95. The highest BCUT2D eigenvalue weighted by Gasteiger charge is 2.30. The number of piperazine rings is 1. The van der Waals surface area contributed by atoms with Crippen LogP contribution in [0.3, 0.4) is 0 Å². The van der Waals surface area contributed by atoms with Crippen LogP contribution in [0.5, 0.6) is 5.75 Å². The molecule has 0 amide bonds. The van der Waals surface area contributed by atoms with Crippen LogP contribution in [0.2, 0.25) is 5.02 Å². The van der Waals surface area contributed by atoms with Crippen LogP contribution in [0.1, 0.15) is 5.56 Å². The Morgan fingerprint density at radius 1 is 1.06 bits per heavy atom. The van der Waals surface area contributed by atoms with Crippen molar-refractivity contribution in [3.05, 3.63) is 57.1 Å². The predicted octanol–water partition coefficient (Wildman–Crippen LogP) is 2.30. The minimum atomic E-state index is -3.83. The Morgan fingerprint density at radius 2 is 1.76 bits per heavy atom. The molecule has 10 nitrogen and oxygen atoms in total. The molecule has 33 heavy (non-hydrogen) atoms. The van der Waals surface area contributed by atoms with Crippen molar-refractivity contribution in [2.45, 2.75) is 11.4 Å². The lowest BCUT2D eigenvalue weighted by molar-refractivity contribution is -0.384. The van der Waals surface area contributed by atoms with Crippen LogP contribution in [0.15, 0.2) is 41.3 Å². The van der Waals surface area contributed by atoms with Gasteiger partial charge in [-0.3, -0.25) is 15.0 Å². The van der Waals surface area contributed by atoms with Crippen molar-refractivity contribution in [2.75, 3.05) is 57.4 Å². The lowest BCUT2D eigenvalue weighted by Gasteiger charge is -2.36. The van der Waals surface area contributed by atoms with Crippen LogP contribution in [-0.2, 0) is 21.3 Å². The second kappa shape index (κ2) is 9.82. The van der Waals surface area contributed by atoms with Gasteiger partial charge in [-0.05, 0) is 23.8 Å². The van der Waals surface area contributed by atoms with Gasteiger partial charge in [-0.25, -0.2) is 8.42 Å². The molecule has 0 bridgehead atoms. The molecule has 2 aromatic rings. The molecule has 0 aliphatic carbocycles. The molecule has 0 spiro atoms. The molecule has 1 N–H and O–H groups in total. The molecule has 2 aliphatic rings. The number of benzene rings is 2. The predicted molar refractivity (Wildman–Crippen MR) is 123 cm³/mol. The van der Waals surface area contributed by atoms with Gasteiger partial charge in [0.15, 0.2) is 0 Å². The number of morpholine rings is 1. The first-order chi connectivity index (χ1) is 15.8. The van der Waals surface area contributed by atoms with Gasteiger partial charge in [0.05, 0.1) is 28.1 Å². The fourth-order valence-electron chi connectivity index (χ4n) is 4.09. The summed E-state index contributed by atoms with van der Waals surface area (Å²) in [6, 6.07) is 9.24. The van der Waals surface area contributed by atoms with Crippen LogP contribution in [0.4, 0.5) is 11.4 Å². The van der Waals surface area contributed by atoms with E-state index in [1.54, 1.807) is 6.07 Å². The standard InChI is InChI=1S/C21H25ClN4O6S/c22-21-16(2-1-3-20(21)27)15-23-6-8-24(9-7-23)18-5-4-17(14-19(18)26(28)29)33(30,31)25-10-12-32-13-11-25/h1-5,14,27H,6-13,15H2. The first kappa shape index (κ1) is 23.7. The Bertz CT molecular complexity index is 1130. The van der Waals surface area contributed by atoms with Crippen molar-refractivity contribution in [1.82, 2.24) is 9.21 Å². The van der Waals surface area contributed by atoms with Crippen LogP contribution in [-0.4, -0.2) is 80.1 Å². The Kier molecular flexibility index (Phi) is 7.05. The molecule has 2 saturated heterocycles. The maximum absolute atomic E-state index is 12.9. The molecule has 2 aromatic carbocycles. The number of hydrogen-bond donors (Lipinski definition) is 1. The van der Waals surface area contributed by atoms with Gasteiger partial charge < -0.3 is 14.7 Å². The van der Waals surface area contributed by atoms with Gasteiger partial charge in [-0.15, -0.1) is 0 Å². The zero-order chi connectivity index (χ0) is 23.6. The second-order valence-electron chi connectivity index (χ2n) is 7.94. The van der Waals surface area contributed by atoms with E-state index in [1.165, 1.54) is 22.5 Å². The molecule has 178 valence electrons. The number of nitro groups is 1. The molecule has 0 radical (unpaired) electrons. The molecule has 0 unspecified atom stereocenters. The van der Waals surface area contributed by atoms with Gasteiger partial charge in [0.1, 0.15) is 11.4 Å².